The monoisotopic (exact) mass is 306 g/mol. The normalized spacial score (nSPS) is 23.4. The standard InChI is InChI=1S/C15H19ClN4O/c1-10-6-7-20(8-13(10)17)9-14-18-15(19-21-14)11-2-4-12(16)5-3-11/h2-5,10,13H,6-9,17H2,1H3. The number of likely N-dealkylation sites (tertiary alicyclic amines) is 1. The zero-order chi connectivity index (χ0) is 14.8. The molecule has 6 heteroatoms. The molecular weight excluding hydrogens is 288 g/mol. The van der Waals surface area contributed by atoms with E-state index in [1.54, 1.807) is 0 Å². The van der Waals surface area contributed by atoms with Crippen molar-refractivity contribution in [1.82, 2.24) is 15.0 Å². The van der Waals surface area contributed by atoms with Gasteiger partial charge in [-0.15, -0.1) is 0 Å². The highest BCUT2D eigenvalue weighted by atomic mass is 35.5. The molecule has 21 heavy (non-hydrogen) atoms. The molecule has 1 aromatic heterocycles. The molecule has 2 N–H and O–H groups in total. The van der Waals surface area contributed by atoms with Crippen molar-refractivity contribution in [1.29, 1.82) is 0 Å². The molecule has 3 rings (SSSR count). The van der Waals surface area contributed by atoms with E-state index >= 15 is 0 Å². The van der Waals surface area contributed by atoms with Gasteiger partial charge in [0.2, 0.25) is 11.7 Å². The van der Waals surface area contributed by atoms with Crippen LogP contribution >= 0.6 is 11.6 Å². The summed E-state index contributed by atoms with van der Waals surface area (Å²) in [5, 5.41) is 4.72. The Labute approximate surface area is 129 Å². The molecule has 112 valence electrons. The highest BCUT2D eigenvalue weighted by molar-refractivity contribution is 6.30. The summed E-state index contributed by atoms with van der Waals surface area (Å²) < 4.78 is 5.34. The first-order chi connectivity index (χ1) is 10.1. The highest BCUT2D eigenvalue weighted by Crippen LogP contribution is 2.20. The van der Waals surface area contributed by atoms with Gasteiger partial charge in [-0.1, -0.05) is 23.7 Å². The Morgan fingerprint density at radius 1 is 1.38 bits per heavy atom. The van der Waals surface area contributed by atoms with Crippen molar-refractivity contribution in [2.24, 2.45) is 11.7 Å². The summed E-state index contributed by atoms with van der Waals surface area (Å²) >= 11 is 5.88. The smallest absolute Gasteiger partial charge is 0.241 e. The quantitative estimate of drug-likeness (QED) is 0.944. The number of aromatic nitrogens is 2. The van der Waals surface area contributed by atoms with E-state index in [0.29, 0.717) is 29.2 Å². The fourth-order valence-electron chi connectivity index (χ4n) is 2.54. The van der Waals surface area contributed by atoms with Crippen LogP contribution in [-0.4, -0.2) is 34.2 Å². The largest absolute Gasteiger partial charge is 0.338 e. The molecule has 1 aliphatic rings. The summed E-state index contributed by atoms with van der Waals surface area (Å²) in [6.07, 6.45) is 1.11. The van der Waals surface area contributed by atoms with Crippen LogP contribution in [-0.2, 0) is 6.54 Å². The summed E-state index contributed by atoms with van der Waals surface area (Å²) in [7, 11) is 0. The number of hydrogen-bond acceptors (Lipinski definition) is 5. The summed E-state index contributed by atoms with van der Waals surface area (Å²) in [5.74, 6) is 1.80. The number of nitrogens with two attached hydrogens (primary N) is 1. The second-order valence-corrected chi connectivity index (χ2v) is 6.12. The van der Waals surface area contributed by atoms with Gasteiger partial charge < -0.3 is 10.3 Å². The summed E-state index contributed by atoms with van der Waals surface area (Å²) in [6.45, 7) is 4.75. The average Bonchev–Trinajstić information content (AvgIpc) is 2.92. The Morgan fingerprint density at radius 2 is 2.14 bits per heavy atom. The maximum Gasteiger partial charge on any atom is 0.241 e. The highest BCUT2D eigenvalue weighted by Gasteiger charge is 2.24. The molecule has 2 atom stereocenters. The fraction of sp³-hybridized carbons (Fsp3) is 0.467. The van der Waals surface area contributed by atoms with Crippen LogP contribution < -0.4 is 5.73 Å². The molecule has 0 bridgehead atoms. The minimum Gasteiger partial charge on any atom is -0.338 e. The van der Waals surface area contributed by atoms with Crippen LogP contribution in [0.2, 0.25) is 5.02 Å². The summed E-state index contributed by atoms with van der Waals surface area (Å²) in [6, 6.07) is 7.62. The number of rotatable bonds is 3. The molecule has 0 aliphatic carbocycles. The van der Waals surface area contributed by atoms with Gasteiger partial charge in [-0.25, -0.2) is 0 Å². The predicted octanol–water partition coefficient (Wildman–Crippen LogP) is 2.56. The van der Waals surface area contributed by atoms with Crippen LogP contribution in [0.4, 0.5) is 0 Å². The van der Waals surface area contributed by atoms with E-state index < -0.39 is 0 Å². The van der Waals surface area contributed by atoms with Gasteiger partial charge in [0.05, 0.1) is 6.54 Å². The number of piperidine rings is 1. The van der Waals surface area contributed by atoms with Crippen molar-refractivity contribution >= 4 is 11.6 Å². The summed E-state index contributed by atoms with van der Waals surface area (Å²) in [5.41, 5.74) is 7.01. The topological polar surface area (TPSA) is 68.2 Å². The van der Waals surface area contributed by atoms with Gasteiger partial charge in [0, 0.05) is 23.2 Å². The van der Waals surface area contributed by atoms with E-state index in [9.17, 15) is 0 Å². The third-order valence-electron chi connectivity index (χ3n) is 4.03. The van der Waals surface area contributed by atoms with Gasteiger partial charge in [0.1, 0.15) is 0 Å². The van der Waals surface area contributed by atoms with Gasteiger partial charge in [-0.05, 0) is 43.1 Å². The number of halogens is 1. The third kappa shape index (κ3) is 3.43. The van der Waals surface area contributed by atoms with Crippen molar-refractivity contribution in [2.45, 2.75) is 25.9 Å². The minimum atomic E-state index is 0.220. The molecule has 1 saturated heterocycles. The first kappa shape index (κ1) is 14.5. The van der Waals surface area contributed by atoms with Crippen LogP contribution in [0.15, 0.2) is 28.8 Å². The Bertz CT molecular complexity index is 598. The van der Waals surface area contributed by atoms with Crippen molar-refractivity contribution in [2.75, 3.05) is 13.1 Å². The number of hydrogen-bond donors (Lipinski definition) is 1. The molecule has 0 amide bonds. The lowest BCUT2D eigenvalue weighted by molar-refractivity contribution is 0.146. The van der Waals surface area contributed by atoms with E-state index in [4.69, 9.17) is 21.9 Å². The molecule has 0 spiro atoms. The molecule has 1 fully saturated rings. The number of benzene rings is 1. The summed E-state index contributed by atoms with van der Waals surface area (Å²) in [4.78, 5) is 6.71. The molecule has 1 aromatic carbocycles. The maximum atomic E-state index is 6.11. The fourth-order valence-corrected chi connectivity index (χ4v) is 2.67. The van der Waals surface area contributed by atoms with Gasteiger partial charge in [-0.2, -0.15) is 4.98 Å². The Morgan fingerprint density at radius 3 is 2.86 bits per heavy atom. The van der Waals surface area contributed by atoms with Gasteiger partial charge >= 0.3 is 0 Å². The van der Waals surface area contributed by atoms with Crippen molar-refractivity contribution < 1.29 is 4.52 Å². The van der Waals surface area contributed by atoms with Crippen LogP contribution in [0.3, 0.4) is 0 Å². The molecule has 0 radical (unpaired) electrons. The van der Waals surface area contributed by atoms with Crippen molar-refractivity contribution in [3.8, 4) is 11.4 Å². The zero-order valence-electron chi connectivity index (χ0n) is 12.0. The van der Waals surface area contributed by atoms with E-state index in [0.717, 1.165) is 25.1 Å². The van der Waals surface area contributed by atoms with Crippen molar-refractivity contribution in [3.63, 3.8) is 0 Å². The first-order valence-corrected chi connectivity index (χ1v) is 7.56. The lowest BCUT2D eigenvalue weighted by Crippen LogP contribution is -2.47. The van der Waals surface area contributed by atoms with Crippen LogP contribution in [0.25, 0.3) is 11.4 Å². The lowest BCUT2D eigenvalue weighted by Gasteiger charge is -2.34. The molecular formula is C15H19ClN4O. The minimum absolute atomic E-state index is 0.220. The maximum absolute atomic E-state index is 6.11. The van der Waals surface area contributed by atoms with Crippen molar-refractivity contribution in [3.05, 3.63) is 35.2 Å². The molecule has 0 saturated carbocycles. The Kier molecular flexibility index (Phi) is 4.24. The zero-order valence-corrected chi connectivity index (χ0v) is 12.8. The van der Waals surface area contributed by atoms with E-state index in [1.807, 2.05) is 24.3 Å². The second-order valence-electron chi connectivity index (χ2n) is 5.68. The lowest BCUT2D eigenvalue weighted by atomic mass is 9.94. The third-order valence-corrected chi connectivity index (χ3v) is 4.28. The van der Waals surface area contributed by atoms with E-state index in [2.05, 4.69) is 22.0 Å². The van der Waals surface area contributed by atoms with Crippen LogP contribution in [0, 0.1) is 5.92 Å². The second kappa shape index (κ2) is 6.13. The van der Waals surface area contributed by atoms with Gasteiger partial charge in [0.25, 0.3) is 0 Å². The van der Waals surface area contributed by atoms with E-state index in [1.165, 1.54) is 0 Å². The van der Waals surface area contributed by atoms with Crippen LogP contribution in [0.1, 0.15) is 19.2 Å². The Balaban J connectivity index is 1.66. The number of nitrogens with zero attached hydrogens (tertiary/aromatic N) is 3. The first-order valence-electron chi connectivity index (χ1n) is 7.18. The molecule has 2 unspecified atom stereocenters. The van der Waals surface area contributed by atoms with Crippen LogP contribution in [0.5, 0.6) is 0 Å². The molecule has 2 heterocycles. The molecule has 1 aliphatic heterocycles. The van der Waals surface area contributed by atoms with Gasteiger partial charge in [-0.3, -0.25) is 4.90 Å². The molecule has 2 aromatic rings. The van der Waals surface area contributed by atoms with E-state index in [-0.39, 0.29) is 6.04 Å². The average molecular weight is 307 g/mol. The molecule has 5 nitrogen and oxygen atoms in total. The predicted molar refractivity (Wildman–Crippen MR) is 81.8 cm³/mol. The van der Waals surface area contributed by atoms with Gasteiger partial charge in [0.15, 0.2) is 0 Å². The SMILES string of the molecule is CC1CCN(Cc2nc(-c3ccc(Cl)cc3)no2)CC1N. The Hall–Kier alpha value is -1.43.